The Morgan fingerprint density at radius 3 is 0.642 bits per heavy atom. The van der Waals surface area contributed by atoms with Crippen molar-refractivity contribution in [2.24, 2.45) is 11.8 Å². The minimum atomic E-state index is -4.97. The Labute approximate surface area is 651 Å². The normalized spacial score (nSPS) is 13.8. The van der Waals surface area contributed by atoms with E-state index in [1.54, 1.807) is 0 Å². The Bertz CT molecular complexity index is 2030. The molecule has 0 aromatic heterocycles. The molecule has 630 valence electrons. The van der Waals surface area contributed by atoms with Gasteiger partial charge in [0, 0.05) is 25.7 Å². The van der Waals surface area contributed by atoms with Gasteiger partial charge in [-0.05, 0) is 37.5 Å². The third-order valence-electron chi connectivity index (χ3n) is 20.5. The van der Waals surface area contributed by atoms with Crippen LogP contribution >= 0.6 is 15.6 Å². The molecule has 0 fully saturated rings. The van der Waals surface area contributed by atoms with Crippen LogP contribution in [0.3, 0.4) is 0 Å². The molecule has 0 saturated carbocycles. The zero-order valence-electron chi connectivity index (χ0n) is 69.7. The Morgan fingerprint density at radius 2 is 0.434 bits per heavy atom. The summed E-state index contributed by atoms with van der Waals surface area (Å²) >= 11 is 0. The highest BCUT2D eigenvalue weighted by atomic mass is 31.2. The van der Waals surface area contributed by atoms with E-state index in [2.05, 4.69) is 41.5 Å². The quantitative estimate of drug-likeness (QED) is 0.0222. The SMILES string of the molecule is CCCCCCCCCCCCCCCCCCCCCCC(=O)OC[C@H](COP(=O)(O)OC[C@@H](O)COP(=O)(O)OC[C@@H](COC(=O)CCCCCCCCCCCC(C)C)OC(=O)CCCCCCCCCCCCCCC)OC(=O)CCCCCCCCCCCCCCCCCCCCC(C)C. The zero-order valence-corrected chi connectivity index (χ0v) is 71.5. The van der Waals surface area contributed by atoms with Gasteiger partial charge >= 0.3 is 39.5 Å². The van der Waals surface area contributed by atoms with Gasteiger partial charge in [-0.15, -0.1) is 0 Å². The summed E-state index contributed by atoms with van der Waals surface area (Å²) < 4.78 is 68.9. The lowest BCUT2D eigenvalue weighted by Crippen LogP contribution is -2.30. The summed E-state index contributed by atoms with van der Waals surface area (Å²) in [4.78, 5) is 73.2. The fourth-order valence-corrected chi connectivity index (χ4v) is 15.2. The van der Waals surface area contributed by atoms with Crippen molar-refractivity contribution in [1.29, 1.82) is 0 Å². The first kappa shape index (κ1) is 104. The molecule has 0 aliphatic rings. The molecule has 0 heterocycles. The molecule has 0 spiro atoms. The van der Waals surface area contributed by atoms with Crippen LogP contribution in [0, 0.1) is 11.8 Å². The Kier molecular flexibility index (Phi) is 76.9. The summed E-state index contributed by atoms with van der Waals surface area (Å²) in [5.41, 5.74) is 0. The lowest BCUT2D eigenvalue weighted by atomic mass is 10.0. The summed E-state index contributed by atoms with van der Waals surface area (Å²) in [5.74, 6) is -0.536. The highest BCUT2D eigenvalue weighted by Gasteiger charge is 2.30. The number of aliphatic hydroxyl groups excluding tert-OH is 1. The third kappa shape index (κ3) is 80.1. The molecule has 17 nitrogen and oxygen atoms in total. The van der Waals surface area contributed by atoms with Crippen LogP contribution in [0.5, 0.6) is 0 Å². The molecule has 5 atom stereocenters. The predicted molar refractivity (Wildman–Crippen MR) is 437 cm³/mol. The van der Waals surface area contributed by atoms with Crippen molar-refractivity contribution >= 4 is 39.5 Å². The smallest absolute Gasteiger partial charge is 0.462 e. The van der Waals surface area contributed by atoms with Gasteiger partial charge in [0.15, 0.2) is 12.2 Å². The number of rotatable bonds is 86. The van der Waals surface area contributed by atoms with Gasteiger partial charge in [0.05, 0.1) is 26.4 Å². The van der Waals surface area contributed by atoms with Gasteiger partial charge in [-0.2, -0.15) is 0 Å². The predicted octanol–water partition coefficient (Wildman–Crippen LogP) is 26.6. The van der Waals surface area contributed by atoms with E-state index in [9.17, 15) is 43.2 Å². The van der Waals surface area contributed by atoms with Crippen molar-refractivity contribution in [3.8, 4) is 0 Å². The molecule has 2 unspecified atom stereocenters. The molecule has 3 N–H and O–H groups in total. The van der Waals surface area contributed by atoms with E-state index in [4.69, 9.17) is 37.0 Å². The summed E-state index contributed by atoms with van der Waals surface area (Å²) in [6.07, 6.45) is 70.9. The number of hydrogen-bond acceptors (Lipinski definition) is 15. The average molecular weight is 1550 g/mol. The summed E-state index contributed by atoms with van der Waals surface area (Å²) in [6.45, 7) is 9.69. The highest BCUT2D eigenvalue weighted by molar-refractivity contribution is 7.47. The van der Waals surface area contributed by atoms with Crippen molar-refractivity contribution in [3.63, 3.8) is 0 Å². The molecule has 106 heavy (non-hydrogen) atoms. The molecule has 0 aliphatic heterocycles. The molecule has 0 aromatic carbocycles. The monoisotopic (exact) mass is 1550 g/mol. The number of unbranched alkanes of at least 4 members (excludes halogenated alkanes) is 56. The number of esters is 4. The van der Waals surface area contributed by atoms with E-state index < -0.39 is 97.5 Å². The molecule has 0 amide bonds. The van der Waals surface area contributed by atoms with Crippen LogP contribution in [0.15, 0.2) is 0 Å². The number of carbonyl (C=O) groups is 4. The van der Waals surface area contributed by atoms with Crippen LogP contribution in [0.4, 0.5) is 0 Å². The van der Waals surface area contributed by atoms with Gasteiger partial charge < -0.3 is 33.8 Å². The van der Waals surface area contributed by atoms with Gasteiger partial charge in [0.25, 0.3) is 0 Å². The Hall–Kier alpha value is -1.94. The van der Waals surface area contributed by atoms with Gasteiger partial charge in [0.1, 0.15) is 19.3 Å². The summed E-state index contributed by atoms with van der Waals surface area (Å²) in [6, 6.07) is 0. The fourth-order valence-electron chi connectivity index (χ4n) is 13.6. The van der Waals surface area contributed by atoms with Crippen LogP contribution in [0.1, 0.15) is 465 Å². The maximum atomic E-state index is 13.2. The van der Waals surface area contributed by atoms with Crippen molar-refractivity contribution in [1.82, 2.24) is 0 Å². The highest BCUT2D eigenvalue weighted by Crippen LogP contribution is 2.45. The third-order valence-corrected chi connectivity index (χ3v) is 22.4. The van der Waals surface area contributed by atoms with Gasteiger partial charge in [-0.25, -0.2) is 9.13 Å². The number of carbonyl (C=O) groups excluding carboxylic acids is 4. The molecule has 19 heteroatoms. The number of aliphatic hydroxyl groups is 1. The number of phosphoric ester groups is 2. The lowest BCUT2D eigenvalue weighted by molar-refractivity contribution is -0.161. The topological polar surface area (TPSA) is 237 Å². The molecular weight excluding hydrogens is 1380 g/mol. The van der Waals surface area contributed by atoms with Gasteiger partial charge in [-0.1, -0.05) is 414 Å². The molecule has 0 bridgehead atoms. The average Bonchev–Trinajstić information content (AvgIpc) is 0.899. The van der Waals surface area contributed by atoms with E-state index in [1.165, 1.54) is 283 Å². The maximum absolute atomic E-state index is 13.2. The largest absolute Gasteiger partial charge is 0.472 e. The summed E-state index contributed by atoms with van der Waals surface area (Å²) in [7, 11) is -9.93. The number of ether oxygens (including phenoxy) is 4. The molecular formula is C87H170O17P2. The molecule has 0 radical (unpaired) electrons. The molecule has 0 aromatic rings. The van der Waals surface area contributed by atoms with E-state index in [0.717, 1.165) is 102 Å². The second kappa shape index (κ2) is 78.3. The van der Waals surface area contributed by atoms with Crippen molar-refractivity contribution < 1.29 is 80.2 Å². The molecule has 0 saturated heterocycles. The van der Waals surface area contributed by atoms with Crippen molar-refractivity contribution in [3.05, 3.63) is 0 Å². The Balaban J connectivity index is 5.23. The van der Waals surface area contributed by atoms with Crippen LogP contribution in [0.2, 0.25) is 0 Å². The van der Waals surface area contributed by atoms with Crippen molar-refractivity contribution in [2.75, 3.05) is 39.6 Å². The van der Waals surface area contributed by atoms with Gasteiger partial charge in [0.2, 0.25) is 0 Å². The number of hydrogen-bond donors (Lipinski definition) is 3. The van der Waals surface area contributed by atoms with E-state index in [1.807, 2.05) is 0 Å². The molecule has 0 aliphatic carbocycles. The lowest BCUT2D eigenvalue weighted by Gasteiger charge is -2.21. The standard InChI is InChI=1S/C87H170O17P2/c1-7-9-11-13-15-17-19-21-22-23-24-25-29-32-36-39-45-51-57-63-69-84(89)97-75-82(103-87(92)72-66-60-54-47-41-37-33-30-27-26-28-31-35-38-43-49-55-61-67-79(3)4)77-101-105(93,94)99-73-81(88)74-100-106(95,96)102-78-83(76-98-85(90)70-64-58-52-48-42-44-50-56-62-68-80(5)6)104-86(91)71-65-59-53-46-40-34-20-18-16-14-12-10-8-2/h79-83,88H,7-78H2,1-6H3,(H,93,94)(H,95,96)/t81-,82-,83-/m1/s1. The van der Waals surface area contributed by atoms with Crippen LogP contribution in [-0.2, 0) is 65.4 Å². The first-order valence-corrected chi connectivity index (χ1v) is 48.0. The van der Waals surface area contributed by atoms with E-state index in [0.29, 0.717) is 25.7 Å². The first-order valence-electron chi connectivity index (χ1n) is 45.0. The Morgan fingerprint density at radius 1 is 0.255 bits per heavy atom. The van der Waals surface area contributed by atoms with Crippen LogP contribution in [-0.4, -0.2) is 96.7 Å². The van der Waals surface area contributed by atoms with E-state index >= 15 is 0 Å². The van der Waals surface area contributed by atoms with Crippen molar-refractivity contribution in [2.45, 2.75) is 484 Å². The fraction of sp³-hybridized carbons (Fsp3) is 0.954. The minimum Gasteiger partial charge on any atom is -0.462 e. The minimum absolute atomic E-state index is 0.108. The van der Waals surface area contributed by atoms with Crippen LogP contribution in [0.25, 0.3) is 0 Å². The first-order chi connectivity index (χ1) is 51.4. The van der Waals surface area contributed by atoms with Crippen LogP contribution < -0.4 is 0 Å². The maximum Gasteiger partial charge on any atom is 0.472 e. The summed E-state index contributed by atoms with van der Waals surface area (Å²) in [5, 5.41) is 10.7. The van der Waals surface area contributed by atoms with Gasteiger partial charge in [-0.3, -0.25) is 37.3 Å². The number of phosphoric acid groups is 2. The second-order valence-electron chi connectivity index (χ2n) is 32.2. The second-order valence-corrected chi connectivity index (χ2v) is 35.1. The zero-order chi connectivity index (χ0) is 77.8. The molecule has 0 rings (SSSR count). The van der Waals surface area contributed by atoms with E-state index in [-0.39, 0.29) is 25.7 Å².